The number of thioether (sulfide) groups is 1. The molecular formula is C22H21N3O3S. The van der Waals surface area contributed by atoms with Crippen molar-refractivity contribution in [1.29, 1.82) is 5.26 Å². The van der Waals surface area contributed by atoms with Gasteiger partial charge in [0.25, 0.3) is 0 Å². The number of aryl methyl sites for hydroxylation is 1. The van der Waals surface area contributed by atoms with Gasteiger partial charge < -0.3 is 9.64 Å². The van der Waals surface area contributed by atoms with Crippen molar-refractivity contribution < 1.29 is 14.3 Å². The third-order valence-electron chi connectivity index (χ3n) is 4.56. The molecule has 3 rings (SSSR count). The van der Waals surface area contributed by atoms with E-state index in [1.54, 1.807) is 0 Å². The molecule has 6 nitrogen and oxygen atoms in total. The van der Waals surface area contributed by atoms with Gasteiger partial charge in [-0.05, 0) is 37.5 Å². The molecule has 7 heteroatoms. The molecule has 1 fully saturated rings. The second-order valence-corrected chi connectivity index (χ2v) is 7.63. The number of fused-ring (bicyclic) bond motifs is 1. The highest BCUT2D eigenvalue weighted by Gasteiger charge is 2.39. The summed E-state index contributed by atoms with van der Waals surface area (Å²) in [6.07, 6.45) is 4.52. The summed E-state index contributed by atoms with van der Waals surface area (Å²) in [5.74, 6) is -0.828. The van der Waals surface area contributed by atoms with Crippen LogP contribution in [0.2, 0.25) is 0 Å². The molecule has 1 saturated heterocycles. The molecule has 1 aromatic carbocycles. The first-order chi connectivity index (χ1) is 14.1. The van der Waals surface area contributed by atoms with Crippen molar-refractivity contribution in [3.05, 3.63) is 65.3 Å². The number of carbonyl (C=O) groups excluding carboxylic acids is 2. The number of pyridine rings is 1. The van der Waals surface area contributed by atoms with Crippen LogP contribution in [0, 0.1) is 11.3 Å². The van der Waals surface area contributed by atoms with E-state index in [0.717, 1.165) is 16.5 Å². The lowest BCUT2D eigenvalue weighted by atomic mass is 10.1. The number of amides is 1. The van der Waals surface area contributed by atoms with E-state index in [2.05, 4.69) is 17.6 Å². The molecule has 1 amide bonds. The number of para-hydroxylation sites is 1. The quantitative estimate of drug-likeness (QED) is 0.302. The Hall–Kier alpha value is -3.11. The highest BCUT2D eigenvalue weighted by molar-refractivity contribution is 8.04. The third kappa shape index (κ3) is 4.49. The molecule has 0 radical (unpaired) electrons. The molecule has 0 aliphatic carbocycles. The van der Waals surface area contributed by atoms with Gasteiger partial charge in [-0.2, -0.15) is 5.26 Å². The van der Waals surface area contributed by atoms with Gasteiger partial charge in [0.2, 0.25) is 5.91 Å². The number of carbonyl (C=O) groups is 2. The van der Waals surface area contributed by atoms with Crippen molar-refractivity contribution in [2.24, 2.45) is 0 Å². The van der Waals surface area contributed by atoms with Gasteiger partial charge in [0.15, 0.2) is 5.57 Å². The zero-order valence-corrected chi connectivity index (χ0v) is 16.9. The Morgan fingerprint density at radius 3 is 2.97 bits per heavy atom. The summed E-state index contributed by atoms with van der Waals surface area (Å²) < 4.78 is 4.99. The number of nitrogens with zero attached hydrogens (tertiary/aromatic N) is 3. The number of hydrogen-bond donors (Lipinski definition) is 0. The summed E-state index contributed by atoms with van der Waals surface area (Å²) in [6.45, 7) is 5.71. The zero-order chi connectivity index (χ0) is 20.8. The minimum Gasteiger partial charge on any atom is -0.457 e. The van der Waals surface area contributed by atoms with Crippen molar-refractivity contribution in [2.45, 2.75) is 25.0 Å². The van der Waals surface area contributed by atoms with E-state index in [1.807, 2.05) is 43.5 Å². The van der Waals surface area contributed by atoms with Crippen LogP contribution >= 0.6 is 11.8 Å². The lowest BCUT2D eigenvalue weighted by molar-refractivity contribution is -0.137. The van der Waals surface area contributed by atoms with Crippen LogP contribution in [-0.4, -0.2) is 40.2 Å². The van der Waals surface area contributed by atoms with E-state index in [-0.39, 0.29) is 23.3 Å². The summed E-state index contributed by atoms with van der Waals surface area (Å²) in [7, 11) is 0. The van der Waals surface area contributed by atoms with E-state index in [9.17, 15) is 14.9 Å². The number of ether oxygens (including phenoxy) is 1. The smallest absolute Gasteiger partial charge is 0.351 e. The number of nitriles is 1. The van der Waals surface area contributed by atoms with E-state index < -0.39 is 5.97 Å². The molecule has 148 valence electrons. The van der Waals surface area contributed by atoms with Crippen molar-refractivity contribution in [1.82, 2.24) is 9.88 Å². The van der Waals surface area contributed by atoms with E-state index in [4.69, 9.17) is 4.74 Å². The van der Waals surface area contributed by atoms with Gasteiger partial charge in [-0.15, -0.1) is 0 Å². The maximum atomic E-state index is 12.8. The molecule has 1 atom stereocenters. The van der Waals surface area contributed by atoms with Crippen molar-refractivity contribution >= 4 is 34.5 Å². The first-order valence-corrected chi connectivity index (χ1v) is 10.2. The molecule has 0 bridgehead atoms. The van der Waals surface area contributed by atoms with E-state index >= 15 is 0 Å². The predicted molar refractivity (Wildman–Crippen MR) is 113 cm³/mol. The van der Waals surface area contributed by atoms with Crippen LogP contribution in [0.5, 0.6) is 0 Å². The minimum absolute atomic E-state index is 0.0143. The fraction of sp³-hybridized carbons (Fsp3) is 0.273. The van der Waals surface area contributed by atoms with Gasteiger partial charge in [-0.3, -0.25) is 9.78 Å². The normalized spacial score (nSPS) is 17.9. The second-order valence-electron chi connectivity index (χ2n) is 6.44. The fourth-order valence-electron chi connectivity index (χ4n) is 3.14. The van der Waals surface area contributed by atoms with Crippen LogP contribution in [0.4, 0.5) is 0 Å². The monoisotopic (exact) mass is 407 g/mol. The van der Waals surface area contributed by atoms with Gasteiger partial charge in [0, 0.05) is 18.1 Å². The average Bonchev–Trinajstić information content (AvgIpc) is 3.06. The SMILES string of the molecule is C=CCOC(=O)C(C#N)=C1SC(CCc2cnc3ccccc3c2)C(=O)N1CC. The summed E-state index contributed by atoms with van der Waals surface area (Å²) in [4.78, 5) is 31.0. The Labute approximate surface area is 173 Å². The summed E-state index contributed by atoms with van der Waals surface area (Å²) in [5.41, 5.74) is 1.84. The molecule has 1 aliphatic heterocycles. The number of benzene rings is 1. The van der Waals surface area contributed by atoms with Gasteiger partial charge in [0.05, 0.1) is 10.8 Å². The van der Waals surface area contributed by atoms with Gasteiger partial charge in [-0.1, -0.05) is 42.6 Å². The molecule has 1 unspecified atom stereocenters. The lowest BCUT2D eigenvalue weighted by Crippen LogP contribution is -2.29. The molecule has 1 aromatic heterocycles. The highest BCUT2D eigenvalue weighted by Crippen LogP contribution is 2.39. The molecule has 1 aliphatic rings. The fourth-order valence-corrected chi connectivity index (χ4v) is 4.46. The van der Waals surface area contributed by atoms with Crippen LogP contribution in [0.15, 0.2) is 59.8 Å². The Bertz CT molecular complexity index is 1030. The first-order valence-electron chi connectivity index (χ1n) is 9.33. The van der Waals surface area contributed by atoms with Crippen molar-refractivity contribution in [2.75, 3.05) is 13.2 Å². The summed E-state index contributed by atoms with van der Waals surface area (Å²) in [6, 6.07) is 11.9. The van der Waals surface area contributed by atoms with Crippen LogP contribution in [0.3, 0.4) is 0 Å². The standard InChI is InChI=1S/C22H21N3O3S/c1-3-11-28-22(27)17(13-23)21-25(4-2)20(26)19(29-21)10-9-15-12-16-7-5-6-8-18(16)24-14-15/h3,5-8,12,14,19H,1,4,9-11H2,2H3. The summed E-state index contributed by atoms with van der Waals surface area (Å²) in [5, 5.41) is 10.5. The Morgan fingerprint density at radius 2 is 2.24 bits per heavy atom. The topological polar surface area (TPSA) is 83.3 Å². The van der Waals surface area contributed by atoms with Crippen LogP contribution in [-0.2, 0) is 20.7 Å². The van der Waals surface area contributed by atoms with Gasteiger partial charge in [-0.25, -0.2) is 4.79 Å². The van der Waals surface area contributed by atoms with Crippen molar-refractivity contribution in [3.63, 3.8) is 0 Å². The number of aromatic nitrogens is 1. The van der Waals surface area contributed by atoms with Gasteiger partial charge >= 0.3 is 5.97 Å². The van der Waals surface area contributed by atoms with E-state index in [1.165, 1.54) is 22.7 Å². The maximum Gasteiger partial charge on any atom is 0.351 e. The zero-order valence-electron chi connectivity index (χ0n) is 16.1. The predicted octanol–water partition coefficient (Wildman–Crippen LogP) is 3.60. The molecule has 0 saturated carbocycles. The molecule has 2 aromatic rings. The Kier molecular flexibility index (Phi) is 6.68. The number of hydrogen-bond acceptors (Lipinski definition) is 6. The van der Waals surface area contributed by atoms with Gasteiger partial charge in [0.1, 0.15) is 17.7 Å². The van der Waals surface area contributed by atoms with Crippen LogP contribution in [0.1, 0.15) is 18.9 Å². The Balaban J connectivity index is 1.77. The second kappa shape index (κ2) is 9.39. The largest absolute Gasteiger partial charge is 0.457 e. The molecule has 0 spiro atoms. The summed E-state index contributed by atoms with van der Waals surface area (Å²) >= 11 is 1.26. The third-order valence-corrected chi connectivity index (χ3v) is 5.93. The van der Waals surface area contributed by atoms with E-state index in [0.29, 0.717) is 24.4 Å². The Morgan fingerprint density at radius 1 is 1.45 bits per heavy atom. The molecule has 29 heavy (non-hydrogen) atoms. The lowest BCUT2D eigenvalue weighted by Gasteiger charge is -2.15. The number of rotatable bonds is 7. The molecular weight excluding hydrogens is 386 g/mol. The molecule has 2 heterocycles. The van der Waals surface area contributed by atoms with Crippen molar-refractivity contribution in [3.8, 4) is 6.07 Å². The first kappa shape index (κ1) is 20.6. The van der Waals surface area contributed by atoms with Crippen LogP contribution in [0.25, 0.3) is 10.9 Å². The number of esters is 1. The highest BCUT2D eigenvalue weighted by atomic mass is 32.2. The maximum absolute atomic E-state index is 12.8. The average molecular weight is 407 g/mol. The minimum atomic E-state index is -0.736. The van der Waals surface area contributed by atoms with Crippen LogP contribution < -0.4 is 0 Å². The molecule has 0 N–H and O–H groups in total.